The number of esters is 1. The Kier molecular flexibility index (Phi) is 6.23. The van der Waals surface area contributed by atoms with Gasteiger partial charge in [0.25, 0.3) is 0 Å². The van der Waals surface area contributed by atoms with E-state index < -0.39 is 5.97 Å². The zero-order valence-electron chi connectivity index (χ0n) is 17.8. The minimum atomic E-state index is -0.466. The molecule has 1 amide bonds. The Morgan fingerprint density at radius 1 is 1.13 bits per heavy atom. The summed E-state index contributed by atoms with van der Waals surface area (Å²) >= 11 is 0. The number of fused-ring (bicyclic) bond motifs is 1. The van der Waals surface area contributed by atoms with Crippen LogP contribution < -0.4 is 10.1 Å². The average molecular weight is 421 g/mol. The van der Waals surface area contributed by atoms with Crippen LogP contribution in [0.2, 0.25) is 0 Å². The second-order valence-corrected chi connectivity index (χ2v) is 7.79. The molecule has 0 saturated carbocycles. The maximum absolute atomic E-state index is 12.6. The molecular weight excluding hydrogens is 394 g/mol. The molecule has 162 valence electrons. The molecule has 1 aliphatic rings. The number of hydrogen-bond acceptors (Lipinski definition) is 5. The van der Waals surface area contributed by atoms with Crippen molar-refractivity contribution in [2.75, 3.05) is 39.2 Å². The van der Waals surface area contributed by atoms with Crippen molar-refractivity contribution in [1.82, 2.24) is 9.88 Å². The lowest BCUT2D eigenvalue weighted by Crippen LogP contribution is -2.38. The summed E-state index contributed by atoms with van der Waals surface area (Å²) in [6.45, 7) is 1.98. The summed E-state index contributed by atoms with van der Waals surface area (Å²) in [7, 11) is 3.01. The third kappa shape index (κ3) is 4.56. The van der Waals surface area contributed by atoms with E-state index in [0.717, 1.165) is 37.2 Å². The number of methoxy groups -OCH3 is 2. The van der Waals surface area contributed by atoms with Crippen LogP contribution in [-0.2, 0) is 9.53 Å². The van der Waals surface area contributed by atoms with Crippen molar-refractivity contribution in [2.24, 2.45) is 0 Å². The number of aromatic nitrogens is 1. The van der Waals surface area contributed by atoms with Crippen molar-refractivity contribution < 1.29 is 19.1 Å². The van der Waals surface area contributed by atoms with E-state index in [1.165, 1.54) is 18.1 Å². The van der Waals surface area contributed by atoms with Crippen LogP contribution in [0.1, 0.15) is 34.7 Å². The molecule has 1 fully saturated rings. The number of carbonyl (C=O) groups is 2. The van der Waals surface area contributed by atoms with Crippen molar-refractivity contribution >= 4 is 28.5 Å². The van der Waals surface area contributed by atoms with E-state index in [9.17, 15) is 9.59 Å². The van der Waals surface area contributed by atoms with E-state index in [1.807, 2.05) is 12.1 Å². The summed E-state index contributed by atoms with van der Waals surface area (Å²) in [6, 6.07) is 13.0. The fourth-order valence-electron chi connectivity index (χ4n) is 4.26. The van der Waals surface area contributed by atoms with Crippen LogP contribution in [0.15, 0.2) is 48.7 Å². The number of amides is 1. The number of piperidine rings is 1. The van der Waals surface area contributed by atoms with E-state index in [-0.39, 0.29) is 5.91 Å². The Morgan fingerprint density at radius 3 is 2.65 bits per heavy atom. The fourth-order valence-corrected chi connectivity index (χ4v) is 4.26. The molecule has 3 aromatic rings. The number of para-hydroxylation sites is 1. The van der Waals surface area contributed by atoms with Crippen molar-refractivity contribution in [3.05, 3.63) is 59.8 Å². The summed E-state index contributed by atoms with van der Waals surface area (Å²) in [6.07, 6.45) is 4.06. The number of ether oxygens (including phenoxy) is 2. The van der Waals surface area contributed by atoms with Gasteiger partial charge in [-0.05, 0) is 67.7 Å². The van der Waals surface area contributed by atoms with E-state index in [4.69, 9.17) is 9.47 Å². The molecule has 7 heteroatoms. The molecule has 2 aromatic carbocycles. The molecule has 31 heavy (non-hydrogen) atoms. The van der Waals surface area contributed by atoms with Crippen LogP contribution in [0.4, 0.5) is 5.69 Å². The predicted octanol–water partition coefficient (Wildman–Crippen LogP) is 3.78. The SMILES string of the molecule is COC(=O)c1ccccc1NC(=O)CN1CCC(c2c[nH]c3ccc(OC)cc23)CC1. The summed E-state index contributed by atoms with van der Waals surface area (Å²) in [5.41, 5.74) is 3.25. The average Bonchev–Trinajstić information content (AvgIpc) is 3.22. The minimum absolute atomic E-state index is 0.133. The van der Waals surface area contributed by atoms with Gasteiger partial charge in [-0.3, -0.25) is 9.69 Å². The summed E-state index contributed by atoms with van der Waals surface area (Å²) < 4.78 is 10.2. The Bertz CT molecular complexity index is 1080. The highest BCUT2D eigenvalue weighted by Gasteiger charge is 2.24. The van der Waals surface area contributed by atoms with Gasteiger partial charge in [0.2, 0.25) is 5.91 Å². The highest BCUT2D eigenvalue weighted by atomic mass is 16.5. The van der Waals surface area contributed by atoms with Crippen molar-refractivity contribution in [2.45, 2.75) is 18.8 Å². The first-order valence-corrected chi connectivity index (χ1v) is 10.4. The maximum Gasteiger partial charge on any atom is 0.339 e. The van der Waals surface area contributed by atoms with E-state index in [0.29, 0.717) is 23.7 Å². The first kappa shape index (κ1) is 20.9. The molecule has 0 unspecified atom stereocenters. The zero-order valence-corrected chi connectivity index (χ0v) is 17.8. The third-order valence-corrected chi connectivity index (χ3v) is 5.92. The summed E-state index contributed by atoms with van der Waals surface area (Å²) in [5.74, 6) is 0.702. The van der Waals surface area contributed by atoms with E-state index >= 15 is 0 Å². The first-order valence-electron chi connectivity index (χ1n) is 10.4. The molecule has 1 aliphatic heterocycles. The number of H-pyrrole nitrogens is 1. The fraction of sp³-hybridized carbons (Fsp3) is 0.333. The van der Waals surface area contributed by atoms with Crippen molar-refractivity contribution in [3.63, 3.8) is 0 Å². The normalized spacial score (nSPS) is 15.0. The standard InChI is InChI=1S/C24H27N3O4/c1-30-17-7-8-21-19(13-17)20(14-25-21)16-9-11-27(12-10-16)15-23(28)26-22-6-4-3-5-18(22)24(29)31-2/h3-8,13-14,16,25H,9-12,15H2,1-2H3,(H,26,28). The van der Waals surface area contributed by atoms with Gasteiger partial charge in [0.05, 0.1) is 32.0 Å². The number of nitrogens with zero attached hydrogens (tertiary/aromatic N) is 1. The molecule has 7 nitrogen and oxygen atoms in total. The van der Waals surface area contributed by atoms with Gasteiger partial charge in [-0.25, -0.2) is 4.79 Å². The first-order chi connectivity index (χ1) is 15.1. The molecule has 1 saturated heterocycles. The van der Waals surface area contributed by atoms with Gasteiger partial charge in [0, 0.05) is 17.1 Å². The lowest BCUT2D eigenvalue weighted by atomic mass is 9.89. The van der Waals surface area contributed by atoms with Gasteiger partial charge in [-0.1, -0.05) is 12.1 Å². The smallest absolute Gasteiger partial charge is 0.339 e. The molecule has 4 rings (SSSR count). The van der Waals surface area contributed by atoms with Crippen molar-refractivity contribution in [3.8, 4) is 5.75 Å². The van der Waals surface area contributed by atoms with Crippen molar-refractivity contribution in [1.29, 1.82) is 0 Å². The molecule has 0 atom stereocenters. The second-order valence-electron chi connectivity index (χ2n) is 7.79. The lowest BCUT2D eigenvalue weighted by molar-refractivity contribution is -0.117. The zero-order chi connectivity index (χ0) is 21.8. The lowest BCUT2D eigenvalue weighted by Gasteiger charge is -2.31. The van der Waals surface area contributed by atoms with Gasteiger partial charge in [0.1, 0.15) is 5.75 Å². The van der Waals surface area contributed by atoms with Crippen LogP contribution in [0, 0.1) is 0 Å². The minimum Gasteiger partial charge on any atom is -0.497 e. The number of anilines is 1. The number of aromatic amines is 1. The Morgan fingerprint density at radius 2 is 1.90 bits per heavy atom. The van der Waals surface area contributed by atoms with E-state index in [1.54, 1.807) is 31.4 Å². The van der Waals surface area contributed by atoms with Crippen LogP contribution in [0.3, 0.4) is 0 Å². The maximum atomic E-state index is 12.6. The molecule has 0 bridgehead atoms. The number of likely N-dealkylation sites (tertiary alicyclic amines) is 1. The highest BCUT2D eigenvalue weighted by Crippen LogP contribution is 2.34. The largest absolute Gasteiger partial charge is 0.497 e. The molecular formula is C24H27N3O4. The molecule has 2 N–H and O–H groups in total. The van der Waals surface area contributed by atoms with Gasteiger partial charge in [-0.15, -0.1) is 0 Å². The van der Waals surface area contributed by atoms with Gasteiger partial charge in [0.15, 0.2) is 0 Å². The molecule has 0 spiro atoms. The topological polar surface area (TPSA) is 83.7 Å². The number of rotatable bonds is 6. The second kappa shape index (κ2) is 9.22. The Labute approximate surface area is 181 Å². The Balaban J connectivity index is 1.36. The van der Waals surface area contributed by atoms with Crippen LogP contribution in [0.5, 0.6) is 5.75 Å². The van der Waals surface area contributed by atoms with Crippen LogP contribution in [0.25, 0.3) is 10.9 Å². The van der Waals surface area contributed by atoms with Gasteiger partial charge < -0.3 is 19.8 Å². The summed E-state index contributed by atoms with van der Waals surface area (Å²) in [5, 5.41) is 4.05. The number of nitrogens with one attached hydrogen (secondary N) is 2. The summed E-state index contributed by atoms with van der Waals surface area (Å²) in [4.78, 5) is 30.0. The number of carbonyl (C=O) groups excluding carboxylic acids is 2. The molecule has 0 aliphatic carbocycles. The molecule has 1 aromatic heterocycles. The Hall–Kier alpha value is -3.32. The quantitative estimate of drug-likeness (QED) is 0.592. The third-order valence-electron chi connectivity index (χ3n) is 5.92. The molecule has 2 heterocycles. The van der Waals surface area contributed by atoms with Gasteiger partial charge in [-0.2, -0.15) is 0 Å². The number of benzene rings is 2. The van der Waals surface area contributed by atoms with E-state index in [2.05, 4.69) is 27.5 Å². The molecule has 0 radical (unpaired) electrons. The number of hydrogen-bond donors (Lipinski definition) is 2. The highest BCUT2D eigenvalue weighted by molar-refractivity contribution is 6.01. The van der Waals surface area contributed by atoms with Crippen LogP contribution >= 0.6 is 0 Å². The monoisotopic (exact) mass is 421 g/mol. The van der Waals surface area contributed by atoms with Crippen LogP contribution in [-0.4, -0.2) is 55.6 Å². The van der Waals surface area contributed by atoms with Gasteiger partial charge >= 0.3 is 5.97 Å². The predicted molar refractivity (Wildman–Crippen MR) is 120 cm³/mol.